The number of hydrogen-bond donors (Lipinski definition) is 2. The van der Waals surface area contributed by atoms with Gasteiger partial charge in [-0.05, 0) is 50.9 Å². The standard InChI is InChI=1S/C12H22N2O/c1-3-12(2,13)11(15)14-10(8-4-5-8)9-6-7-9/h8-10H,3-7,13H2,1-2H3,(H,14,15). The highest BCUT2D eigenvalue weighted by Gasteiger charge is 2.43. The fourth-order valence-electron chi connectivity index (χ4n) is 2.01. The first-order chi connectivity index (χ1) is 7.04. The van der Waals surface area contributed by atoms with Gasteiger partial charge in [0.25, 0.3) is 0 Å². The van der Waals surface area contributed by atoms with Crippen LogP contribution in [-0.2, 0) is 4.79 Å². The van der Waals surface area contributed by atoms with Gasteiger partial charge in [0.2, 0.25) is 5.91 Å². The maximum atomic E-state index is 11.9. The molecule has 0 saturated heterocycles. The molecule has 3 N–H and O–H groups in total. The molecule has 0 aromatic heterocycles. The van der Waals surface area contributed by atoms with Crippen LogP contribution < -0.4 is 11.1 Å². The molecule has 1 unspecified atom stereocenters. The highest BCUT2D eigenvalue weighted by Crippen LogP contribution is 2.44. The van der Waals surface area contributed by atoms with Crippen LogP contribution in [0.2, 0.25) is 0 Å². The van der Waals surface area contributed by atoms with Crippen molar-refractivity contribution in [3.8, 4) is 0 Å². The van der Waals surface area contributed by atoms with E-state index in [4.69, 9.17) is 5.73 Å². The molecule has 2 aliphatic rings. The quantitative estimate of drug-likeness (QED) is 0.721. The van der Waals surface area contributed by atoms with E-state index in [1.54, 1.807) is 0 Å². The third kappa shape index (κ3) is 2.51. The van der Waals surface area contributed by atoms with E-state index in [0.717, 1.165) is 11.8 Å². The molecule has 0 spiro atoms. The molecule has 0 heterocycles. The van der Waals surface area contributed by atoms with Crippen LogP contribution in [0.5, 0.6) is 0 Å². The van der Waals surface area contributed by atoms with E-state index in [9.17, 15) is 4.79 Å². The number of nitrogens with one attached hydrogen (secondary N) is 1. The zero-order valence-electron chi connectivity index (χ0n) is 9.75. The molecule has 2 saturated carbocycles. The Bertz CT molecular complexity index is 242. The molecule has 2 rings (SSSR count). The molecule has 2 fully saturated rings. The Balaban J connectivity index is 1.90. The first kappa shape index (κ1) is 10.9. The third-order valence-electron chi connectivity index (χ3n) is 3.81. The van der Waals surface area contributed by atoms with Crippen molar-refractivity contribution in [2.24, 2.45) is 17.6 Å². The van der Waals surface area contributed by atoms with Crippen LogP contribution in [-0.4, -0.2) is 17.5 Å². The molecule has 0 aromatic carbocycles. The van der Waals surface area contributed by atoms with E-state index in [-0.39, 0.29) is 5.91 Å². The molecule has 0 aromatic rings. The van der Waals surface area contributed by atoms with Crippen LogP contribution in [0.3, 0.4) is 0 Å². The van der Waals surface area contributed by atoms with Gasteiger partial charge in [0.15, 0.2) is 0 Å². The Morgan fingerprint density at radius 1 is 1.40 bits per heavy atom. The van der Waals surface area contributed by atoms with Crippen molar-refractivity contribution in [3.63, 3.8) is 0 Å². The van der Waals surface area contributed by atoms with Gasteiger partial charge in [0.1, 0.15) is 0 Å². The van der Waals surface area contributed by atoms with Gasteiger partial charge in [-0.3, -0.25) is 4.79 Å². The van der Waals surface area contributed by atoms with Crippen LogP contribution in [0.1, 0.15) is 46.0 Å². The Labute approximate surface area is 91.8 Å². The number of nitrogens with two attached hydrogens (primary N) is 1. The summed E-state index contributed by atoms with van der Waals surface area (Å²) < 4.78 is 0. The predicted octanol–water partition coefficient (Wildman–Crippen LogP) is 1.42. The van der Waals surface area contributed by atoms with Crippen LogP contribution in [0.15, 0.2) is 0 Å². The molecular formula is C12H22N2O. The summed E-state index contributed by atoms with van der Waals surface area (Å²) in [7, 11) is 0. The molecule has 86 valence electrons. The molecule has 2 aliphatic carbocycles. The van der Waals surface area contributed by atoms with Crippen LogP contribution >= 0.6 is 0 Å². The molecule has 0 bridgehead atoms. The smallest absolute Gasteiger partial charge is 0.240 e. The van der Waals surface area contributed by atoms with Gasteiger partial charge in [0.05, 0.1) is 5.54 Å². The summed E-state index contributed by atoms with van der Waals surface area (Å²) in [6.45, 7) is 3.78. The summed E-state index contributed by atoms with van der Waals surface area (Å²) in [4.78, 5) is 11.9. The van der Waals surface area contributed by atoms with E-state index < -0.39 is 5.54 Å². The minimum atomic E-state index is -0.692. The number of amides is 1. The van der Waals surface area contributed by atoms with Gasteiger partial charge in [-0.15, -0.1) is 0 Å². The number of carbonyl (C=O) groups is 1. The van der Waals surface area contributed by atoms with Crippen molar-refractivity contribution >= 4 is 5.91 Å². The van der Waals surface area contributed by atoms with E-state index in [1.165, 1.54) is 25.7 Å². The third-order valence-corrected chi connectivity index (χ3v) is 3.81. The normalized spacial score (nSPS) is 25.1. The van der Waals surface area contributed by atoms with Gasteiger partial charge in [0, 0.05) is 6.04 Å². The minimum Gasteiger partial charge on any atom is -0.351 e. The Kier molecular flexibility index (Phi) is 2.75. The number of hydrogen-bond acceptors (Lipinski definition) is 2. The first-order valence-electron chi connectivity index (χ1n) is 6.14. The minimum absolute atomic E-state index is 0.0359. The fraction of sp³-hybridized carbons (Fsp3) is 0.917. The summed E-state index contributed by atoms with van der Waals surface area (Å²) in [5.41, 5.74) is 5.24. The average Bonchev–Trinajstić information content (AvgIpc) is 3.03. The van der Waals surface area contributed by atoms with Crippen LogP contribution in [0, 0.1) is 11.8 Å². The van der Waals surface area contributed by atoms with Crippen molar-refractivity contribution < 1.29 is 4.79 Å². The second kappa shape index (κ2) is 3.78. The van der Waals surface area contributed by atoms with E-state index >= 15 is 0 Å². The van der Waals surface area contributed by atoms with E-state index in [0.29, 0.717) is 12.5 Å². The highest BCUT2D eigenvalue weighted by molar-refractivity contribution is 5.85. The summed E-state index contributed by atoms with van der Waals surface area (Å²) in [5.74, 6) is 1.53. The lowest BCUT2D eigenvalue weighted by Gasteiger charge is -2.26. The van der Waals surface area contributed by atoms with Gasteiger partial charge in [-0.25, -0.2) is 0 Å². The second-order valence-electron chi connectivity index (χ2n) is 5.45. The fourth-order valence-corrected chi connectivity index (χ4v) is 2.01. The van der Waals surface area contributed by atoms with Crippen molar-refractivity contribution in [1.29, 1.82) is 0 Å². The lowest BCUT2D eigenvalue weighted by Crippen LogP contribution is -2.54. The summed E-state index contributed by atoms with van der Waals surface area (Å²) >= 11 is 0. The highest BCUT2D eigenvalue weighted by atomic mass is 16.2. The second-order valence-corrected chi connectivity index (χ2v) is 5.45. The molecule has 15 heavy (non-hydrogen) atoms. The summed E-state index contributed by atoms with van der Waals surface area (Å²) in [5, 5.41) is 3.17. The first-order valence-corrected chi connectivity index (χ1v) is 6.14. The molecule has 0 radical (unpaired) electrons. The molecule has 1 atom stereocenters. The Morgan fingerprint density at radius 3 is 2.20 bits per heavy atom. The maximum Gasteiger partial charge on any atom is 0.240 e. The molecular weight excluding hydrogens is 188 g/mol. The van der Waals surface area contributed by atoms with Crippen molar-refractivity contribution in [3.05, 3.63) is 0 Å². The van der Waals surface area contributed by atoms with Crippen LogP contribution in [0.4, 0.5) is 0 Å². The van der Waals surface area contributed by atoms with Gasteiger partial charge < -0.3 is 11.1 Å². The van der Waals surface area contributed by atoms with Gasteiger partial charge >= 0.3 is 0 Å². The zero-order valence-corrected chi connectivity index (χ0v) is 9.75. The monoisotopic (exact) mass is 210 g/mol. The predicted molar refractivity (Wildman–Crippen MR) is 60.3 cm³/mol. The SMILES string of the molecule is CCC(C)(N)C(=O)NC(C1CC1)C1CC1. The Morgan fingerprint density at radius 2 is 1.87 bits per heavy atom. The van der Waals surface area contributed by atoms with Crippen molar-refractivity contribution in [1.82, 2.24) is 5.32 Å². The maximum absolute atomic E-state index is 11.9. The van der Waals surface area contributed by atoms with Crippen molar-refractivity contribution in [2.45, 2.75) is 57.5 Å². The lowest BCUT2D eigenvalue weighted by molar-refractivity contribution is -0.126. The largest absolute Gasteiger partial charge is 0.351 e. The van der Waals surface area contributed by atoms with E-state index in [1.807, 2.05) is 13.8 Å². The summed E-state index contributed by atoms with van der Waals surface area (Å²) in [6.07, 6.45) is 5.84. The van der Waals surface area contributed by atoms with Crippen LogP contribution in [0.25, 0.3) is 0 Å². The zero-order chi connectivity index (χ0) is 11.1. The topological polar surface area (TPSA) is 55.1 Å². The van der Waals surface area contributed by atoms with Gasteiger partial charge in [-0.2, -0.15) is 0 Å². The Hall–Kier alpha value is -0.570. The van der Waals surface area contributed by atoms with Gasteiger partial charge in [-0.1, -0.05) is 6.92 Å². The number of carbonyl (C=O) groups excluding carboxylic acids is 1. The van der Waals surface area contributed by atoms with Crippen molar-refractivity contribution in [2.75, 3.05) is 0 Å². The van der Waals surface area contributed by atoms with E-state index in [2.05, 4.69) is 5.32 Å². The molecule has 3 heteroatoms. The average molecular weight is 210 g/mol. The number of rotatable bonds is 5. The molecule has 1 amide bonds. The lowest BCUT2D eigenvalue weighted by atomic mass is 9.97. The summed E-state index contributed by atoms with van der Waals surface area (Å²) in [6, 6.07) is 0.423. The molecule has 3 nitrogen and oxygen atoms in total. The molecule has 0 aliphatic heterocycles.